The van der Waals surface area contributed by atoms with Gasteiger partial charge in [0.15, 0.2) is 0 Å². The van der Waals surface area contributed by atoms with Gasteiger partial charge in [0.25, 0.3) is 0 Å². The Morgan fingerprint density at radius 2 is 2.10 bits per heavy atom. The van der Waals surface area contributed by atoms with Crippen LogP contribution in [0.3, 0.4) is 0 Å². The molecular formula is C6H10O3S. The van der Waals surface area contributed by atoms with Gasteiger partial charge in [0, 0.05) is 6.42 Å². The molecule has 0 aliphatic carbocycles. The van der Waals surface area contributed by atoms with Crippen LogP contribution in [0.15, 0.2) is 0 Å². The van der Waals surface area contributed by atoms with Gasteiger partial charge in [0.1, 0.15) is 12.2 Å². The third kappa shape index (κ3) is 5.62. The van der Waals surface area contributed by atoms with Crippen LogP contribution in [0.1, 0.15) is 12.8 Å². The van der Waals surface area contributed by atoms with Crippen molar-refractivity contribution in [3.05, 3.63) is 0 Å². The summed E-state index contributed by atoms with van der Waals surface area (Å²) in [5, 5.41) is 8.16. The van der Waals surface area contributed by atoms with Crippen LogP contribution < -0.4 is 0 Å². The van der Waals surface area contributed by atoms with E-state index < -0.39 is 5.97 Å². The Morgan fingerprint density at radius 1 is 1.50 bits per heavy atom. The molecule has 0 aromatic carbocycles. The van der Waals surface area contributed by atoms with Crippen molar-refractivity contribution < 1.29 is 14.7 Å². The Kier molecular flexibility index (Phi) is 5.02. The Hall–Kier alpha value is -0.510. The third-order valence-electron chi connectivity index (χ3n) is 0.933. The standard InChI is InChI=1S/C6H10O3S/c1-10-3-2-5(7)4-6(8)9/h2-4H2,1H3,(H,8,9). The summed E-state index contributed by atoms with van der Waals surface area (Å²) in [6.45, 7) is 0. The first-order chi connectivity index (χ1) is 4.66. The van der Waals surface area contributed by atoms with E-state index in [1.807, 2.05) is 6.26 Å². The molecule has 0 spiro atoms. The van der Waals surface area contributed by atoms with E-state index in [1.54, 1.807) is 11.8 Å². The van der Waals surface area contributed by atoms with Gasteiger partial charge in [-0.05, 0) is 12.0 Å². The van der Waals surface area contributed by atoms with Crippen molar-refractivity contribution in [3.63, 3.8) is 0 Å². The minimum Gasteiger partial charge on any atom is -0.481 e. The Labute approximate surface area is 63.8 Å². The monoisotopic (exact) mass is 162 g/mol. The van der Waals surface area contributed by atoms with Gasteiger partial charge in [-0.25, -0.2) is 0 Å². The molecule has 0 atom stereocenters. The number of carbonyl (C=O) groups is 2. The molecule has 0 unspecified atom stereocenters. The van der Waals surface area contributed by atoms with Crippen molar-refractivity contribution in [3.8, 4) is 0 Å². The van der Waals surface area contributed by atoms with E-state index in [0.29, 0.717) is 12.2 Å². The summed E-state index contributed by atoms with van der Waals surface area (Å²) in [5.41, 5.74) is 0. The zero-order valence-corrected chi connectivity index (χ0v) is 6.61. The molecule has 0 aliphatic heterocycles. The summed E-state index contributed by atoms with van der Waals surface area (Å²) in [7, 11) is 0. The molecule has 0 aliphatic rings. The molecule has 10 heavy (non-hydrogen) atoms. The fourth-order valence-corrected chi connectivity index (χ4v) is 0.905. The van der Waals surface area contributed by atoms with Crippen LogP contribution in [-0.2, 0) is 9.59 Å². The Morgan fingerprint density at radius 3 is 2.50 bits per heavy atom. The molecule has 58 valence electrons. The second kappa shape index (κ2) is 5.29. The lowest BCUT2D eigenvalue weighted by molar-refractivity contribution is -0.140. The normalized spacial score (nSPS) is 9.30. The summed E-state index contributed by atoms with van der Waals surface area (Å²) in [6, 6.07) is 0. The number of carbonyl (C=O) groups excluding carboxylic acids is 1. The maximum absolute atomic E-state index is 10.6. The minimum absolute atomic E-state index is 0.193. The largest absolute Gasteiger partial charge is 0.481 e. The number of carboxylic acids is 1. The van der Waals surface area contributed by atoms with Gasteiger partial charge in [-0.3, -0.25) is 9.59 Å². The predicted molar refractivity (Wildman–Crippen MR) is 40.3 cm³/mol. The van der Waals surface area contributed by atoms with E-state index in [1.165, 1.54) is 0 Å². The van der Waals surface area contributed by atoms with Crippen molar-refractivity contribution >= 4 is 23.5 Å². The summed E-state index contributed by atoms with van der Waals surface area (Å²) in [5.74, 6) is -0.514. The fraction of sp³-hybridized carbons (Fsp3) is 0.667. The van der Waals surface area contributed by atoms with Crippen LogP contribution in [0.5, 0.6) is 0 Å². The number of hydrogen-bond donors (Lipinski definition) is 1. The number of thioether (sulfide) groups is 1. The average Bonchev–Trinajstić information content (AvgIpc) is 1.82. The number of Topliss-reactive ketones (excluding diaryl/α,β-unsaturated/α-hetero) is 1. The second-order valence-corrected chi connectivity index (χ2v) is 2.84. The molecule has 0 fully saturated rings. The van der Waals surface area contributed by atoms with E-state index in [2.05, 4.69) is 0 Å². The van der Waals surface area contributed by atoms with E-state index in [4.69, 9.17) is 5.11 Å². The number of carboxylic acid groups (broad SMARTS) is 1. The van der Waals surface area contributed by atoms with E-state index in [-0.39, 0.29) is 12.2 Å². The maximum atomic E-state index is 10.6. The Bertz CT molecular complexity index is 133. The lowest BCUT2D eigenvalue weighted by Gasteiger charge is -1.93. The Balaban J connectivity index is 3.35. The molecule has 0 aromatic heterocycles. The van der Waals surface area contributed by atoms with Gasteiger partial charge < -0.3 is 5.11 Å². The molecule has 3 nitrogen and oxygen atoms in total. The third-order valence-corrected chi connectivity index (χ3v) is 1.55. The van der Waals surface area contributed by atoms with Crippen LogP contribution in [0.4, 0.5) is 0 Å². The molecule has 0 amide bonds. The van der Waals surface area contributed by atoms with Gasteiger partial charge in [-0.15, -0.1) is 0 Å². The van der Waals surface area contributed by atoms with Crippen LogP contribution in [0, 0.1) is 0 Å². The van der Waals surface area contributed by atoms with Crippen molar-refractivity contribution in [2.24, 2.45) is 0 Å². The molecular weight excluding hydrogens is 152 g/mol. The van der Waals surface area contributed by atoms with Gasteiger partial charge in [0.05, 0.1) is 0 Å². The number of rotatable bonds is 5. The zero-order chi connectivity index (χ0) is 7.98. The lowest BCUT2D eigenvalue weighted by atomic mass is 10.2. The molecule has 1 N–H and O–H groups in total. The van der Waals surface area contributed by atoms with Gasteiger partial charge in [0.2, 0.25) is 0 Å². The zero-order valence-electron chi connectivity index (χ0n) is 5.79. The number of aliphatic carboxylic acids is 1. The summed E-state index contributed by atoms with van der Waals surface area (Å²) in [6.07, 6.45) is 1.92. The van der Waals surface area contributed by atoms with Gasteiger partial charge in [-0.1, -0.05) is 0 Å². The maximum Gasteiger partial charge on any atom is 0.310 e. The molecule has 0 aromatic rings. The molecule has 0 heterocycles. The van der Waals surface area contributed by atoms with Crippen molar-refractivity contribution in [1.29, 1.82) is 0 Å². The van der Waals surface area contributed by atoms with E-state index in [0.717, 1.165) is 0 Å². The summed E-state index contributed by atoms with van der Waals surface area (Å²) >= 11 is 1.54. The number of ketones is 1. The minimum atomic E-state index is -1.04. The first-order valence-corrected chi connectivity index (χ1v) is 4.28. The molecule has 0 saturated carbocycles. The molecule has 4 heteroatoms. The lowest BCUT2D eigenvalue weighted by Crippen LogP contribution is -2.06. The average molecular weight is 162 g/mol. The molecule has 0 rings (SSSR count). The van der Waals surface area contributed by atoms with Crippen LogP contribution >= 0.6 is 11.8 Å². The van der Waals surface area contributed by atoms with E-state index >= 15 is 0 Å². The topological polar surface area (TPSA) is 54.4 Å². The van der Waals surface area contributed by atoms with Crippen molar-refractivity contribution in [1.82, 2.24) is 0 Å². The molecule has 0 radical (unpaired) electrons. The van der Waals surface area contributed by atoms with Crippen LogP contribution in [0.2, 0.25) is 0 Å². The summed E-state index contributed by atoms with van der Waals surface area (Å²) < 4.78 is 0. The van der Waals surface area contributed by atoms with Crippen molar-refractivity contribution in [2.75, 3.05) is 12.0 Å². The highest BCUT2D eigenvalue weighted by atomic mass is 32.2. The highest BCUT2D eigenvalue weighted by Gasteiger charge is 2.05. The first-order valence-electron chi connectivity index (χ1n) is 2.89. The summed E-state index contributed by atoms with van der Waals surface area (Å²) in [4.78, 5) is 20.6. The fourth-order valence-electron chi connectivity index (χ4n) is 0.473. The molecule has 0 saturated heterocycles. The quantitative estimate of drug-likeness (QED) is 0.607. The smallest absolute Gasteiger partial charge is 0.310 e. The molecule has 0 bridgehead atoms. The van der Waals surface area contributed by atoms with Crippen LogP contribution in [-0.4, -0.2) is 28.9 Å². The van der Waals surface area contributed by atoms with Crippen molar-refractivity contribution in [2.45, 2.75) is 12.8 Å². The second-order valence-electron chi connectivity index (χ2n) is 1.85. The highest BCUT2D eigenvalue weighted by molar-refractivity contribution is 7.98. The van der Waals surface area contributed by atoms with Crippen LogP contribution in [0.25, 0.3) is 0 Å². The number of hydrogen-bond acceptors (Lipinski definition) is 3. The van der Waals surface area contributed by atoms with E-state index in [9.17, 15) is 9.59 Å². The van der Waals surface area contributed by atoms with Gasteiger partial charge in [-0.2, -0.15) is 11.8 Å². The highest BCUT2D eigenvalue weighted by Crippen LogP contribution is 1.98. The van der Waals surface area contributed by atoms with Gasteiger partial charge >= 0.3 is 5.97 Å². The predicted octanol–water partition coefficient (Wildman–Crippen LogP) is 0.783. The SMILES string of the molecule is CSCCC(=O)CC(=O)O. The first kappa shape index (κ1) is 9.49.